The Hall–Kier alpha value is -4.57. The molecule has 0 atom stereocenters. The highest BCUT2D eigenvalue weighted by Crippen LogP contribution is 2.34. The second kappa shape index (κ2) is 9.38. The summed E-state index contributed by atoms with van der Waals surface area (Å²) >= 11 is 0. The number of imidazole rings is 1. The first-order valence-electron chi connectivity index (χ1n) is 12.7. The molecule has 1 fully saturated rings. The van der Waals surface area contributed by atoms with Gasteiger partial charge in [-0.25, -0.2) is 19.3 Å². The fraction of sp³-hybridized carbons (Fsp3) is 0.214. The predicted octanol–water partition coefficient (Wildman–Crippen LogP) is 5.15. The van der Waals surface area contributed by atoms with E-state index in [1.54, 1.807) is 24.8 Å². The summed E-state index contributed by atoms with van der Waals surface area (Å²) in [7, 11) is 0. The molecule has 188 valence electrons. The van der Waals surface area contributed by atoms with E-state index in [1.807, 2.05) is 30.5 Å². The van der Waals surface area contributed by atoms with E-state index in [-0.39, 0.29) is 11.0 Å². The van der Waals surface area contributed by atoms with Crippen LogP contribution in [0.2, 0.25) is 0 Å². The Morgan fingerprint density at radius 2 is 1.76 bits per heavy atom. The topological polar surface area (TPSA) is 112 Å². The summed E-state index contributed by atoms with van der Waals surface area (Å²) in [5.41, 5.74) is 5.89. The van der Waals surface area contributed by atoms with E-state index in [4.69, 9.17) is 0 Å². The molecule has 0 unspecified atom stereocenters. The molecule has 6 aromatic rings. The Morgan fingerprint density at radius 3 is 2.63 bits per heavy atom. The van der Waals surface area contributed by atoms with Gasteiger partial charge in [0, 0.05) is 66.0 Å². The minimum absolute atomic E-state index is 0.269. The number of pyridine rings is 4. The van der Waals surface area contributed by atoms with Gasteiger partial charge >= 0.3 is 0 Å². The van der Waals surface area contributed by atoms with Gasteiger partial charge in [-0.2, -0.15) is 5.10 Å². The van der Waals surface area contributed by atoms with Crippen LogP contribution in [-0.2, 0) is 6.54 Å². The second-order valence-electron chi connectivity index (χ2n) is 9.59. The Labute approximate surface area is 217 Å². The first-order chi connectivity index (χ1) is 18.7. The molecule has 0 bridgehead atoms. The molecule has 0 radical (unpaired) electrons. The molecule has 6 aromatic heterocycles. The highest BCUT2D eigenvalue weighted by Gasteiger charge is 2.21. The molecule has 9 nitrogen and oxygen atoms in total. The summed E-state index contributed by atoms with van der Waals surface area (Å²) < 4.78 is 16.1. The minimum Gasteiger partial charge on any atom is -0.335 e. The average molecular weight is 506 g/mol. The summed E-state index contributed by atoms with van der Waals surface area (Å²) in [6, 6.07) is 7.74. The van der Waals surface area contributed by atoms with E-state index in [2.05, 4.69) is 45.0 Å². The maximum atomic E-state index is 16.1. The molecule has 1 aliphatic rings. The molecular formula is C28H24FN9. The minimum atomic E-state index is -0.420. The number of halogens is 1. The van der Waals surface area contributed by atoms with Crippen molar-refractivity contribution >= 4 is 22.2 Å². The maximum Gasteiger partial charge on any atom is 0.184 e. The van der Waals surface area contributed by atoms with Crippen molar-refractivity contribution in [3.8, 4) is 33.8 Å². The zero-order valence-corrected chi connectivity index (χ0v) is 20.5. The van der Waals surface area contributed by atoms with Gasteiger partial charge in [-0.3, -0.25) is 20.0 Å². The number of nitrogens with zero attached hydrogens (tertiary/aromatic N) is 7. The van der Waals surface area contributed by atoms with Crippen LogP contribution in [0.4, 0.5) is 4.39 Å². The van der Waals surface area contributed by atoms with Crippen molar-refractivity contribution in [2.75, 3.05) is 13.1 Å². The third kappa shape index (κ3) is 3.99. The Morgan fingerprint density at radius 1 is 0.868 bits per heavy atom. The fourth-order valence-electron chi connectivity index (χ4n) is 5.21. The van der Waals surface area contributed by atoms with Crippen LogP contribution >= 0.6 is 0 Å². The quantitative estimate of drug-likeness (QED) is 0.333. The van der Waals surface area contributed by atoms with Crippen molar-refractivity contribution in [3.05, 3.63) is 72.8 Å². The van der Waals surface area contributed by atoms with Crippen LogP contribution in [0.1, 0.15) is 24.8 Å². The summed E-state index contributed by atoms with van der Waals surface area (Å²) in [6.07, 6.45) is 14.0. The van der Waals surface area contributed by atoms with Crippen LogP contribution in [-0.4, -0.2) is 58.1 Å². The summed E-state index contributed by atoms with van der Waals surface area (Å²) in [6.45, 7) is 2.97. The third-order valence-electron chi connectivity index (χ3n) is 7.08. The third-order valence-corrected chi connectivity index (χ3v) is 7.08. The Balaban J connectivity index is 1.29. The molecule has 0 saturated carbocycles. The van der Waals surface area contributed by atoms with Crippen LogP contribution < -0.4 is 0 Å². The average Bonchev–Trinajstić information content (AvgIpc) is 3.59. The van der Waals surface area contributed by atoms with Crippen LogP contribution in [0.25, 0.3) is 56.0 Å². The number of H-pyrrole nitrogens is 2. The van der Waals surface area contributed by atoms with Crippen molar-refractivity contribution < 1.29 is 4.39 Å². The highest BCUT2D eigenvalue weighted by atomic mass is 19.1. The molecule has 0 spiro atoms. The lowest BCUT2D eigenvalue weighted by molar-refractivity contribution is 0.220. The molecule has 1 saturated heterocycles. The number of likely N-dealkylation sites (tertiary alicyclic amines) is 1. The number of hydrogen-bond donors (Lipinski definition) is 2. The molecule has 0 aliphatic carbocycles. The number of aromatic amines is 2. The number of hydrogen-bond acceptors (Lipinski definition) is 7. The summed E-state index contributed by atoms with van der Waals surface area (Å²) in [4.78, 5) is 27.9. The second-order valence-corrected chi connectivity index (χ2v) is 9.59. The first-order valence-corrected chi connectivity index (χ1v) is 12.7. The zero-order valence-electron chi connectivity index (χ0n) is 20.5. The van der Waals surface area contributed by atoms with Gasteiger partial charge in [0.25, 0.3) is 0 Å². The van der Waals surface area contributed by atoms with E-state index in [9.17, 15) is 0 Å². The Kier molecular flexibility index (Phi) is 5.58. The first kappa shape index (κ1) is 22.6. The lowest BCUT2D eigenvalue weighted by atomic mass is 10.0. The van der Waals surface area contributed by atoms with Gasteiger partial charge in [0.05, 0.1) is 10.9 Å². The van der Waals surface area contributed by atoms with Crippen molar-refractivity contribution in [3.63, 3.8) is 0 Å². The molecule has 38 heavy (non-hydrogen) atoms. The van der Waals surface area contributed by atoms with Crippen molar-refractivity contribution in [2.24, 2.45) is 0 Å². The summed E-state index contributed by atoms with van der Waals surface area (Å²) in [5, 5.41) is 7.44. The molecule has 1 aliphatic heterocycles. The fourth-order valence-corrected chi connectivity index (χ4v) is 5.21. The Bertz CT molecular complexity index is 1750. The molecule has 2 N–H and O–H groups in total. The number of piperidine rings is 1. The largest absolute Gasteiger partial charge is 0.335 e. The number of nitrogens with one attached hydrogen (secondary N) is 2. The van der Waals surface area contributed by atoms with Crippen molar-refractivity contribution in [1.82, 2.24) is 45.0 Å². The van der Waals surface area contributed by atoms with Gasteiger partial charge in [0.1, 0.15) is 11.5 Å². The monoisotopic (exact) mass is 505 g/mol. The van der Waals surface area contributed by atoms with Gasteiger partial charge < -0.3 is 4.98 Å². The molecule has 7 rings (SSSR count). The molecule has 0 amide bonds. The van der Waals surface area contributed by atoms with E-state index in [1.165, 1.54) is 25.5 Å². The predicted molar refractivity (Wildman–Crippen MR) is 142 cm³/mol. The number of rotatable bonds is 5. The normalized spacial score (nSPS) is 14.4. The smallest absolute Gasteiger partial charge is 0.184 e. The SMILES string of the molecule is Fc1c(-c2cncc(CN3CCCCC3)c2)cnc2n[nH]c(-c3nc4nccc(-c5cccnc5)c4[nH]3)c12. The molecular weight excluding hydrogens is 481 g/mol. The van der Waals surface area contributed by atoms with E-state index < -0.39 is 5.82 Å². The van der Waals surface area contributed by atoms with Crippen LogP contribution in [0.15, 0.2) is 61.4 Å². The van der Waals surface area contributed by atoms with Crippen LogP contribution in [0.5, 0.6) is 0 Å². The highest BCUT2D eigenvalue weighted by molar-refractivity contribution is 5.96. The standard InChI is InChI=1S/C28H24FN9/c29-23-21(19-11-17(12-31-14-19)16-38-9-2-1-3-10-38)15-33-26-22(23)25(36-37-26)28-34-24-20(6-8-32-27(24)35-28)18-5-4-7-30-13-18/h4-8,11-15H,1-3,9-10,16H2,(H,32,34,35)(H,33,36,37). The van der Waals surface area contributed by atoms with Crippen LogP contribution in [0, 0.1) is 5.82 Å². The molecule has 10 heteroatoms. The van der Waals surface area contributed by atoms with E-state index in [0.29, 0.717) is 28.3 Å². The number of fused-ring (bicyclic) bond motifs is 2. The lowest BCUT2D eigenvalue weighted by Crippen LogP contribution is -2.29. The lowest BCUT2D eigenvalue weighted by Gasteiger charge is -2.26. The van der Waals surface area contributed by atoms with E-state index in [0.717, 1.165) is 41.8 Å². The van der Waals surface area contributed by atoms with E-state index >= 15 is 4.39 Å². The van der Waals surface area contributed by atoms with Gasteiger partial charge in [-0.1, -0.05) is 12.5 Å². The maximum absolute atomic E-state index is 16.1. The number of aromatic nitrogens is 8. The van der Waals surface area contributed by atoms with Crippen molar-refractivity contribution in [2.45, 2.75) is 25.8 Å². The van der Waals surface area contributed by atoms with Crippen molar-refractivity contribution in [1.29, 1.82) is 0 Å². The van der Waals surface area contributed by atoms with Crippen LogP contribution in [0.3, 0.4) is 0 Å². The van der Waals surface area contributed by atoms with Gasteiger partial charge in [-0.15, -0.1) is 0 Å². The molecule has 7 heterocycles. The molecule has 0 aromatic carbocycles. The van der Waals surface area contributed by atoms with Gasteiger partial charge in [-0.05, 0) is 49.7 Å². The summed E-state index contributed by atoms with van der Waals surface area (Å²) in [5.74, 6) is 0.0118. The van der Waals surface area contributed by atoms with Gasteiger partial charge in [0.2, 0.25) is 0 Å². The van der Waals surface area contributed by atoms with Gasteiger partial charge in [0.15, 0.2) is 17.1 Å². The zero-order chi connectivity index (χ0) is 25.5.